The first kappa shape index (κ1) is 20.0. The number of hydrogen-bond acceptors (Lipinski definition) is 3. The van der Waals surface area contributed by atoms with Gasteiger partial charge in [0.2, 0.25) is 0 Å². The van der Waals surface area contributed by atoms with Crippen molar-refractivity contribution in [3.05, 3.63) is 35.9 Å². The second-order valence-corrected chi connectivity index (χ2v) is 6.88. The number of ether oxygens (including phenoxy) is 1. The number of alkyl carbamates (subject to hydrolysis) is 1. The summed E-state index contributed by atoms with van der Waals surface area (Å²) in [6, 6.07) is 8.27. The van der Waals surface area contributed by atoms with Gasteiger partial charge in [-0.1, -0.05) is 63.9 Å². The van der Waals surface area contributed by atoms with Crippen LogP contribution in [0, 0.1) is 5.41 Å². The fraction of sp³-hybridized carbons (Fsp3) is 0.579. The molecule has 134 valence electrons. The van der Waals surface area contributed by atoms with E-state index in [0.717, 1.165) is 5.56 Å². The zero-order chi connectivity index (χ0) is 18.0. The van der Waals surface area contributed by atoms with Gasteiger partial charge in [-0.15, -0.1) is 0 Å². The van der Waals surface area contributed by atoms with Crippen LogP contribution in [0.1, 0.15) is 58.4 Å². The van der Waals surface area contributed by atoms with E-state index in [-0.39, 0.29) is 6.61 Å². The Balaban J connectivity index is 0.000000341. The summed E-state index contributed by atoms with van der Waals surface area (Å²) < 4.78 is 4.90. The fourth-order valence-electron chi connectivity index (χ4n) is 2.58. The molecule has 1 aromatic carbocycles. The van der Waals surface area contributed by atoms with Crippen LogP contribution in [0.2, 0.25) is 0 Å². The SMILES string of the molecule is CC1(C)CCCC1.CCC(NC(=O)OCc1ccccc1)C(=O)O. The zero-order valence-corrected chi connectivity index (χ0v) is 14.9. The number of nitrogens with one attached hydrogen (secondary N) is 1. The van der Waals surface area contributed by atoms with Gasteiger partial charge < -0.3 is 15.2 Å². The summed E-state index contributed by atoms with van der Waals surface area (Å²) in [6.07, 6.45) is 5.43. The maximum absolute atomic E-state index is 11.3. The van der Waals surface area contributed by atoms with Crippen LogP contribution in [-0.2, 0) is 16.1 Å². The Hall–Kier alpha value is -2.04. The summed E-state index contributed by atoms with van der Waals surface area (Å²) in [5.74, 6) is -1.07. The van der Waals surface area contributed by atoms with Crippen molar-refractivity contribution in [1.29, 1.82) is 0 Å². The molecule has 5 nitrogen and oxygen atoms in total. The number of aliphatic carboxylic acids is 1. The van der Waals surface area contributed by atoms with E-state index in [4.69, 9.17) is 9.84 Å². The minimum atomic E-state index is -1.07. The van der Waals surface area contributed by atoms with Crippen LogP contribution in [0.25, 0.3) is 0 Å². The van der Waals surface area contributed by atoms with E-state index >= 15 is 0 Å². The topological polar surface area (TPSA) is 75.6 Å². The summed E-state index contributed by atoms with van der Waals surface area (Å²) in [5.41, 5.74) is 1.55. The van der Waals surface area contributed by atoms with Gasteiger partial charge in [0.1, 0.15) is 12.6 Å². The number of benzene rings is 1. The Labute approximate surface area is 144 Å². The third kappa shape index (κ3) is 7.99. The normalized spacial score (nSPS) is 16.5. The van der Waals surface area contributed by atoms with Gasteiger partial charge in [-0.3, -0.25) is 0 Å². The molecule has 0 spiro atoms. The van der Waals surface area contributed by atoms with Gasteiger partial charge in [-0.05, 0) is 30.2 Å². The van der Waals surface area contributed by atoms with Crippen molar-refractivity contribution in [1.82, 2.24) is 5.32 Å². The molecule has 5 heteroatoms. The lowest BCUT2D eigenvalue weighted by Crippen LogP contribution is -2.40. The lowest BCUT2D eigenvalue weighted by atomic mass is 9.92. The molecule has 0 heterocycles. The van der Waals surface area contributed by atoms with Gasteiger partial charge in [0.05, 0.1) is 0 Å². The van der Waals surface area contributed by atoms with E-state index in [1.54, 1.807) is 6.92 Å². The minimum absolute atomic E-state index is 0.128. The number of carbonyl (C=O) groups excluding carboxylic acids is 1. The van der Waals surface area contributed by atoms with Gasteiger partial charge in [-0.25, -0.2) is 9.59 Å². The third-order valence-electron chi connectivity index (χ3n) is 4.17. The minimum Gasteiger partial charge on any atom is -0.480 e. The first-order chi connectivity index (χ1) is 11.3. The first-order valence-electron chi connectivity index (χ1n) is 8.54. The van der Waals surface area contributed by atoms with Crippen LogP contribution < -0.4 is 5.32 Å². The monoisotopic (exact) mass is 335 g/mol. The second-order valence-electron chi connectivity index (χ2n) is 6.88. The molecule has 1 fully saturated rings. The zero-order valence-electron chi connectivity index (χ0n) is 14.9. The molecule has 1 atom stereocenters. The van der Waals surface area contributed by atoms with Crippen LogP contribution in [-0.4, -0.2) is 23.2 Å². The molecule has 1 aliphatic rings. The molecule has 24 heavy (non-hydrogen) atoms. The van der Waals surface area contributed by atoms with E-state index in [0.29, 0.717) is 11.8 Å². The summed E-state index contributed by atoms with van der Waals surface area (Å²) in [4.78, 5) is 22.0. The van der Waals surface area contributed by atoms with E-state index in [2.05, 4.69) is 19.2 Å². The Bertz CT molecular complexity index is 505. The fourth-order valence-corrected chi connectivity index (χ4v) is 2.58. The van der Waals surface area contributed by atoms with Crippen molar-refractivity contribution in [3.8, 4) is 0 Å². The van der Waals surface area contributed by atoms with E-state index < -0.39 is 18.1 Å². The summed E-state index contributed by atoms with van der Waals surface area (Å²) >= 11 is 0. The molecule has 1 unspecified atom stereocenters. The molecular weight excluding hydrogens is 306 g/mol. The average molecular weight is 335 g/mol. The number of carboxylic acids is 1. The highest BCUT2D eigenvalue weighted by Gasteiger charge is 2.21. The highest BCUT2D eigenvalue weighted by Crippen LogP contribution is 2.36. The van der Waals surface area contributed by atoms with E-state index in [1.165, 1.54) is 25.7 Å². The summed E-state index contributed by atoms with van der Waals surface area (Å²) in [7, 11) is 0. The molecule has 0 aliphatic heterocycles. The molecule has 0 bridgehead atoms. The predicted octanol–water partition coefficient (Wildman–Crippen LogP) is 4.36. The lowest BCUT2D eigenvalue weighted by molar-refractivity contribution is -0.139. The largest absolute Gasteiger partial charge is 0.480 e. The maximum atomic E-state index is 11.3. The maximum Gasteiger partial charge on any atom is 0.408 e. The molecule has 2 N–H and O–H groups in total. The van der Waals surface area contributed by atoms with Crippen LogP contribution in [0.15, 0.2) is 30.3 Å². The van der Waals surface area contributed by atoms with Crippen LogP contribution in [0.4, 0.5) is 4.79 Å². The summed E-state index contributed by atoms with van der Waals surface area (Å²) in [5, 5.41) is 11.0. The van der Waals surface area contributed by atoms with E-state index in [9.17, 15) is 9.59 Å². The van der Waals surface area contributed by atoms with Crippen LogP contribution >= 0.6 is 0 Å². The average Bonchev–Trinajstić information content (AvgIpc) is 2.96. The molecule has 1 amide bonds. The Morgan fingerprint density at radius 2 is 1.79 bits per heavy atom. The van der Waals surface area contributed by atoms with E-state index in [1.807, 2.05) is 30.3 Å². The highest BCUT2D eigenvalue weighted by atomic mass is 16.5. The van der Waals surface area contributed by atoms with Gasteiger partial charge in [0.15, 0.2) is 0 Å². The number of carbonyl (C=O) groups is 2. The Kier molecular flexibility index (Phi) is 8.30. The number of rotatable bonds is 5. The molecule has 1 aliphatic carbocycles. The molecule has 2 rings (SSSR count). The lowest BCUT2D eigenvalue weighted by Gasteiger charge is -2.13. The van der Waals surface area contributed by atoms with Crippen molar-refractivity contribution in [3.63, 3.8) is 0 Å². The van der Waals surface area contributed by atoms with Crippen molar-refractivity contribution < 1.29 is 19.4 Å². The van der Waals surface area contributed by atoms with Gasteiger partial charge in [0, 0.05) is 0 Å². The van der Waals surface area contributed by atoms with Crippen molar-refractivity contribution in [2.75, 3.05) is 0 Å². The second kappa shape index (κ2) is 9.96. The number of hydrogen-bond donors (Lipinski definition) is 2. The molecular formula is C19H29NO4. The van der Waals surface area contributed by atoms with Crippen LogP contribution in [0.3, 0.4) is 0 Å². The Morgan fingerprint density at radius 1 is 1.21 bits per heavy atom. The van der Waals surface area contributed by atoms with Crippen molar-refractivity contribution >= 4 is 12.1 Å². The van der Waals surface area contributed by atoms with Gasteiger partial charge in [-0.2, -0.15) is 0 Å². The standard InChI is InChI=1S/C12H15NO4.C7H14/c1-2-10(11(14)15)13-12(16)17-8-9-6-4-3-5-7-9;1-7(2)5-3-4-6-7/h3-7,10H,2,8H2,1H3,(H,13,16)(H,14,15);3-6H2,1-2H3. The van der Waals surface area contributed by atoms with Crippen LogP contribution in [0.5, 0.6) is 0 Å². The predicted molar refractivity (Wildman–Crippen MR) is 93.7 cm³/mol. The van der Waals surface area contributed by atoms with Gasteiger partial charge >= 0.3 is 12.1 Å². The number of amides is 1. The van der Waals surface area contributed by atoms with Gasteiger partial charge in [0.25, 0.3) is 0 Å². The molecule has 0 aromatic heterocycles. The third-order valence-corrected chi connectivity index (χ3v) is 4.17. The van der Waals surface area contributed by atoms with Crippen molar-refractivity contribution in [2.24, 2.45) is 5.41 Å². The molecule has 1 saturated carbocycles. The van der Waals surface area contributed by atoms with Crippen molar-refractivity contribution in [2.45, 2.75) is 65.5 Å². The molecule has 1 aromatic rings. The smallest absolute Gasteiger partial charge is 0.408 e. The first-order valence-corrected chi connectivity index (χ1v) is 8.54. The summed E-state index contributed by atoms with van der Waals surface area (Å²) in [6.45, 7) is 6.53. The number of carboxylic acid groups (broad SMARTS) is 1. The highest BCUT2D eigenvalue weighted by molar-refractivity contribution is 5.79. The Morgan fingerprint density at radius 3 is 2.21 bits per heavy atom. The quantitative estimate of drug-likeness (QED) is 0.838. The molecule has 0 radical (unpaired) electrons. The molecule has 0 saturated heterocycles.